The number of carbonyl (C=O) groups is 2. The van der Waals surface area contributed by atoms with Crippen molar-refractivity contribution >= 4 is 28.4 Å². The third-order valence-electron chi connectivity index (χ3n) is 6.82. The summed E-state index contributed by atoms with van der Waals surface area (Å²) in [5.41, 5.74) is 3.77. The Bertz CT molecular complexity index is 1480. The molecule has 1 saturated heterocycles. The van der Waals surface area contributed by atoms with Gasteiger partial charge < -0.3 is 15.7 Å². The van der Waals surface area contributed by atoms with E-state index in [9.17, 15) is 23.2 Å². The van der Waals surface area contributed by atoms with E-state index < -0.39 is 17.7 Å². The van der Waals surface area contributed by atoms with Gasteiger partial charge in [0.05, 0.1) is 17.6 Å². The molecule has 1 aliphatic heterocycles. The lowest BCUT2D eigenvalue weighted by Crippen LogP contribution is -2.55. The summed E-state index contributed by atoms with van der Waals surface area (Å²) >= 11 is 0. The average Bonchev–Trinajstić information content (AvgIpc) is 2.97. The number of nitrogens with one attached hydrogen (secondary N) is 2. The molecule has 10 heteroatoms. The minimum atomic E-state index is -5.08. The van der Waals surface area contributed by atoms with Crippen LogP contribution in [0.25, 0.3) is 27.6 Å². The molecule has 2 atom stereocenters. The highest BCUT2D eigenvalue weighted by atomic mass is 19.4. The van der Waals surface area contributed by atoms with Crippen molar-refractivity contribution in [2.24, 2.45) is 0 Å². The zero-order valence-corrected chi connectivity index (χ0v) is 21.4. The molecule has 3 N–H and O–H groups in total. The van der Waals surface area contributed by atoms with Crippen molar-refractivity contribution in [1.82, 2.24) is 15.6 Å². The van der Waals surface area contributed by atoms with Gasteiger partial charge in [-0.25, -0.2) is 4.79 Å². The SMILES string of the molecule is N#C[C@]1(NC(=O)[C@@H]2CCCCN2)CC=CC=C1c1ccc(-c2cccc3cccnc23)cc1.O=C(O)C(F)(F)F. The normalized spacial score (nSPS) is 20.4. The lowest BCUT2D eigenvalue weighted by atomic mass is 9.79. The van der Waals surface area contributed by atoms with Crippen molar-refractivity contribution < 1.29 is 27.9 Å². The minimum absolute atomic E-state index is 0.101. The number of benzene rings is 2. The van der Waals surface area contributed by atoms with Gasteiger partial charge in [-0.15, -0.1) is 0 Å². The lowest BCUT2D eigenvalue weighted by molar-refractivity contribution is -0.192. The number of nitrogens with zero attached hydrogens (tertiary/aromatic N) is 2. The highest BCUT2D eigenvalue weighted by Gasteiger charge is 2.39. The fourth-order valence-electron chi connectivity index (χ4n) is 4.80. The molecule has 7 nitrogen and oxygen atoms in total. The molecule has 0 bridgehead atoms. The van der Waals surface area contributed by atoms with Crippen molar-refractivity contribution in [2.45, 2.75) is 43.4 Å². The Morgan fingerprint density at radius 3 is 2.42 bits per heavy atom. The molecule has 40 heavy (non-hydrogen) atoms. The Kier molecular flexibility index (Phi) is 8.65. The van der Waals surface area contributed by atoms with Crippen LogP contribution in [0.1, 0.15) is 31.2 Å². The summed E-state index contributed by atoms with van der Waals surface area (Å²) in [5, 5.41) is 24.8. The number of hydrogen-bond acceptors (Lipinski definition) is 5. The fourth-order valence-corrected chi connectivity index (χ4v) is 4.80. The zero-order valence-electron chi connectivity index (χ0n) is 21.4. The second-order valence-corrected chi connectivity index (χ2v) is 9.48. The Morgan fingerprint density at radius 1 is 1.07 bits per heavy atom. The maximum atomic E-state index is 13.0. The molecule has 0 saturated carbocycles. The topological polar surface area (TPSA) is 115 Å². The van der Waals surface area contributed by atoms with Gasteiger partial charge in [-0.1, -0.05) is 73.2 Å². The monoisotopic (exact) mass is 548 g/mol. The number of aromatic nitrogens is 1. The number of aliphatic carboxylic acids is 1. The second kappa shape index (κ2) is 12.1. The Labute approximate surface area is 229 Å². The second-order valence-electron chi connectivity index (χ2n) is 9.48. The van der Waals surface area contributed by atoms with E-state index >= 15 is 0 Å². The van der Waals surface area contributed by atoms with Crippen LogP contribution in [0.5, 0.6) is 0 Å². The zero-order chi connectivity index (χ0) is 28.8. The van der Waals surface area contributed by atoms with E-state index in [0.29, 0.717) is 6.42 Å². The van der Waals surface area contributed by atoms with E-state index in [1.165, 1.54) is 0 Å². The molecule has 2 aromatic carbocycles. The molecule has 1 aliphatic carbocycles. The predicted octanol–water partition coefficient (Wildman–Crippen LogP) is 5.40. The largest absolute Gasteiger partial charge is 0.490 e. The van der Waals surface area contributed by atoms with Crippen LogP contribution in [0.4, 0.5) is 13.2 Å². The molecule has 0 unspecified atom stereocenters. The molecule has 1 aromatic heterocycles. The molecule has 1 fully saturated rings. The first-order valence-corrected chi connectivity index (χ1v) is 12.7. The predicted molar refractivity (Wildman–Crippen MR) is 145 cm³/mol. The number of allylic oxidation sites excluding steroid dienone is 2. The first-order valence-electron chi connectivity index (χ1n) is 12.7. The first-order chi connectivity index (χ1) is 19.1. The molecular weight excluding hydrogens is 521 g/mol. The third kappa shape index (κ3) is 6.38. The number of fused-ring (bicyclic) bond motifs is 1. The maximum Gasteiger partial charge on any atom is 0.490 e. The smallest absolute Gasteiger partial charge is 0.475 e. The number of para-hydroxylation sites is 1. The standard InChI is InChI=1S/C28H26N4O.C2HF3O2/c29-19-28(32-27(33)25-11-2-4-17-30-25)16-3-1-10-24(28)21-14-12-20(13-15-21)23-9-5-7-22-8-6-18-31-26(22)23;3-2(4,5)1(6)7/h1,3,5-10,12-15,18,25,30H,2,4,11,16-17H2,(H,32,33);(H,6,7)/t25-,28+;/m0./s1. The van der Waals surface area contributed by atoms with Crippen molar-refractivity contribution in [3.63, 3.8) is 0 Å². The number of carbonyl (C=O) groups excluding carboxylic acids is 1. The Balaban J connectivity index is 0.000000470. The highest BCUT2D eigenvalue weighted by Crippen LogP contribution is 2.35. The van der Waals surface area contributed by atoms with Gasteiger partial charge >= 0.3 is 12.1 Å². The van der Waals surface area contributed by atoms with Gasteiger partial charge in [-0.2, -0.15) is 18.4 Å². The summed E-state index contributed by atoms with van der Waals surface area (Å²) in [5.74, 6) is -2.86. The van der Waals surface area contributed by atoms with Crippen LogP contribution in [0.3, 0.4) is 0 Å². The number of rotatable bonds is 4. The molecule has 2 heterocycles. The Hall–Kier alpha value is -4.49. The summed E-state index contributed by atoms with van der Waals surface area (Å²) in [6, 6.07) is 20.5. The summed E-state index contributed by atoms with van der Waals surface area (Å²) < 4.78 is 31.7. The summed E-state index contributed by atoms with van der Waals surface area (Å²) in [7, 11) is 0. The van der Waals surface area contributed by atoms with Crippen molar-refractivity contribution in [3.8, 4) is 17.2 Å². The fraction of sp³-hybridized carbons (Fsp3) is 0.267. The minimum Gasteiger partial charge on any atom is -0.475 e. The number of alkyl halides is 3. The molecule has 1 amide bonds. The summed E-state index contributed by atoms with van der Waals surface area (Å²) in [4.78, 5) is 26.4. The number of hydrogen-bond donors (Lipinski definition) is 3. The van der Waals surface area contributed by atoms with E-state index in [1.54, 1.807) is 0 Å². The van der Waals surface area contributed by atoms with Crippen LogP contribution in [0.15, 0.2) is 79.0 Å². The lowest BCUT2D eigenvalue weighted by Gasteiger charge is -2.34. The third-order valence-corrected chi connectivity index (χ3v) is 6.82. The maximum absolute atomic E-state index is 13.0. The highest BCUT2D eigenvalue weighted by molar-refractivity contribution is 5.94. The number of amides is 1. The number of piperidine rings is 1. The van der Waals surface area contributed by atoms with Crippen LogP contribution >= 0.6 is 0 Å². The van der Waals surface area contributed by atoms with Crippen LogP contribution in [-0.4, -0.2) is 46.3 Å². The van der Waals surface area contributed by atoms with Crippen molar-refractivity contribution in [3.05, 3.63) is 84.6 Å². The van der Waals surface area contributed by atoms with Crippen LogP contribution in [0.2, 0.25) is 0 Å². The van der Waals surface area contributed by atoms with E-state index in [0.717, 1.165) is 59.0 Å². The van der Waals surface area contributed by atoms with E-state index in [2.05, 4.69) is 52.0 Å². The van der Waals surface area contributed by atoms with E-state index in [1.807, 2.05) is 48.7 Å². The molecule has 3 aromatic rings. The van der Waals surface area contributed by atoms with Crippen LogP contribution in [0, 0.1) is 11.3 Å². The van der Waals surface area contributed by atoms with Crippen molar-refractivity contribution in [2.75, 3.05) is 6.54 Å². The molecule has 0 spiro atoms. The number of nitriles is 1. The summed E-state index contributed by atoms with van der Waals surface area (Å²) in [6.07, 6.45) is 5.92. The number of carboxylic acid groups (broad SMARTS) is 1. The molecule has 0 radical (unpaired) electrons. The van der Waals surface area contributed by atoms with E-state index in [-0.39, 0.29) is 11.9 Å². The molecule has 5 rings (SSSR count). The van der Waals surface area contributed by atoms with Crippen molar-refractivity contribution in [1.29, 1.82) is 5.26 Å². The number of carboxylic acids is 1. The number of halogens is 3. The van der Waals surface area contributed by atoms with Gasteiger partial charge in [0.25, 0.3) is 0 Å². The van der Waals surface area contributed by atoms with Gasteiger partial charge in [-0.05, 0) is 42.2 Å². The van der Waals surface area contributed by atoms with Gasteiger partial charge in [-0.3, -0.25) is 9.78 Å². The first kappa shape index (κ1) is 28.5. The molecule has 206 valence electrons. The molecule has 2 aliphatic rings. The van der Waals surface area contributed by atoms with Crippen LogP contribution in [-0.2, 0) is 9.59 Å². The quantitative estimate of drug-likeness (QED) is 0.402. The average molecular weight is 549 g/mol. The van der Waals surface area contributed by atoms with Gasteiger partial charge in [0.2, 0.25) is 5.91 Å². The van der Waals surface area contributed by atoms with Gasteiger partial charge in [0.1, 0.15) is 0 Å². The molecular formula is C30H27F3N4O3. The van der Waals surface area contributed by atoms with Crippen LogP contribution < -0.4 is 10.6 Å². The number of pyridine rings is 1. The Morgan fingerprint density at radius 2 is 1.77 bits per heavy atom. The van der Waals surface area contributed by atoms with Gasteiger partial charge in [0, 0.05) is 23.6 Å². The van der Waals surface area contributed by atoms with E-state index in [4.69, 9.17) is 9.90 Å². The van der Waals surface area contributed by atoms with Gasteiger partial charge in [0.15, 0.2) is 5.54 Å². The summed E-state index contributed by atoms with van der Waals surface area (Å²) in [6.45, 7) is 0.838.